The molecule has 0 aliphatic heterocycles. The van der Waals surface area contributed by atoms with Gasteiger partial charge in [0.1, 0.15) is 0 Å². The zero-order valence-corrected chi connectivity index (χ0v) is 13.7. The lowest BCUT2D eigenvalue weighted by atomic mass is 10.3. The fourth-order valence-corrected chi connectivity index (χ4v) is 3.13. The van der Waals surface area contributed by atoms with E-state index in [-0.39, 0.29) is 0 Å². The van der Waals surface area contributed by atoms with Gasteiger partial charge in [0.2, 0.25) is 0 Å². The van der Waals surface area contributed by atoms with Gasteiger partial charge in [-0.1, -0.05) is 37.9 Å². The Kier molecular flexibility index (Phi) is 5.60. The van der Waals surface area contributed by atoms with Crippen LogP contribution in [0.1, 0.15) is 0 Å². The predicted octanol–water partition coefficient (Wildman–Crippen LogP) is 5.42. The lowest BCUT2D eigenvalue weighted by molar-refractivity contribution is 1.22. The van der Waals surface area contributed by atoms with Crippen molar-refractivity contribution in [3.05, 3.63) is 57.5 Å². The number of nitrogens with one attached hydrogen (secondary N) is 1. The highest BCUT2D eigenvalue weighted by molar-refractivity contribution is 9.10. The summed E-state index contributed by atoms with van der Waals surface area (Å²) in [7, 11) is 0. The van der Waals surface area contributed by atoms with Gasteiger partial charge in [0.15, 0.2) is 0 Å². The van der Waals surface area contributed by atoms with Gasteiger partial charge in [-0.05, 0) is 42.5 Å². The maximum atomic E-state index is 3.48. The molecule has 0 saturated carbocycles. The lowest BCUT2D eigenvalue weighted by Gasteiger charge is -2.06. The van der Waals surface area contributed by atoms with E-state index in [0.717, 1.165) is 26.9 Å². The van der Waals surface area contributed by atoms with Crippen LogP contribution in [0.2, 0.25) is 0 Å². The quantitative estimate of drug-likeness (QED) is 0.544. The van der Waals surface area contributed by atoms with Gasteiger partial charge in [0, 0.05) is 31.8 Å². The molecule has 0 aliphatic carbocycles. The van der Waals surface area contributed by atoms with Crippen molar-refractivity contribution in [2.45, 2.75) is 4.90 Å². The SMILES string of the molecule is Brc1ccc(NCCSc2cccc(Br)c2)cc1. The monoisotopic (exact) mass is 385 g/mol. The van der Waals surface area contributed by atoms with E-state index in [4.69, 9.17) is 0 Å². The molecule has 0 atom stereocenters. The topological polar surface area (TPSA) is 12.0 Å². The Bertz CT molecular complexity index is 499. The van der Waals surface area contributed by atoms with Crippen LogP contribution < -0.4 is 5.32 Å². The summed E-state index contributed by atoms with van der Waals surface area (Å²) < 4.78 is 2.24. The Morgan fingerprint density at radius 2 is 1.72 bits per heavy atom. The first kappa shape index (κ1) is 14.0. The molecular weight excluding hydrogens is 374 g/mol. The maximum absolute atomic E-state index is 3.48. The van der Waals surface area contributed by atoms with Gasteiger partial charge in [-0.2, -0.15) is 0 Å². The molecule has 0 aromatic heterocycles. The van der Waals surface area contributed by atoms with Gasteiger partial charge in [0.05, 0.1) is 0 Å². The molecular formula is C14H13Br2NS. The van der Waals surface area contributed by atoms with E-state index in [9.17, 15) is 0 Å². The third-order valence-electron chi connectivity index (χ3n) is 2.34. The Hall–Kier alpha value is -0.450. The molecule has 2 rings (SSSR count). The smallest absolute Gasteiger partial charge is 0.0341 e. The van der Waals surface area contributed by atoms with E-state index in [1.807, 2.05) is 30.0 Å². The fourth-order valence-electron chi connectivity index (χ4n) is 1.49. The van der Waals surface area contributed by atoms with Crippen LogP contribution in [0.15, 0.2) is 62.4 Å². The van der Waals surface area contributed by atoms with E-state index in [1.54, 1.807) is 0 Å². The van der Waals surface area contributed by atoms with Crippen LogP contribution in [0.4, 0.5) is 5.69 Å². The summed E-state index contributed by atoms with van der Waals surface area (Å²) in [4.78, 5) is 1.29. The summed E-state index contributed by atoms with van der Waals surface area (Å²) in [6, 6.07) is 16.6. The minimum absolute atomic E-state index is 0.957. The van der Waals surface area contributed by atoms with E-state index in [0.29, 0.717) is 0 Å². The second-order valence-electron chi connectivity index (χ2n) is 3.74. The van der Waals surface area contributed by atoms with E-state index in [1.165, 1.54) is 4.90 Å². The van der Waals surface area contributed by atoms with Gasteiger partial charge in [-0.25, -0.2) is 0 Å². The van der Waals surface area contributed by atoms with E-state index >= 15 is 0 Å². The highest BCUT2D eigenvalue weighted by Crippen LogP contribution is 2.22. The second kappa shape index (κ2) is 7.22. The van der Waals surface area contributed by atoms with Crippen LogP contribution >= 0.6 is 43.6 Å². The maximum Gasteiger partial charge on any atom is 0.0341 e. The zero-order chi connectivity index (χ0) is 12.8. The Labute approximate surface area is 129 Å². The van der Waals surface area contributed by atoms with Crippen molar-refractivity contribution in [3.8, 4) is 0 Å². The number of halogens is 2. The molecule has 1 N–H and O–H groups in total. The molecule has 0 unspecified atom stereocenters. The normalized spacial score (nSPS) is 10.3. The van der Waals surface area contributed by atoms with Gasteiger partial charge in [-0.3, -0.25) is 0 Å². The van der Waals surface area contributed by atoms with Crippen molar-refractivity contribution in [2.24, 2.45) is 0 Å². The molecule has 0 aliphatic rings. The molecule has 0 amide bonds. The molecule has 18 heavy (non-hydrogen) atoms. The number of anilines is 1. The van der Waals surface area contributed by atoms with E-state index < -0.39 is 0 Å². The molecule has 0 spiro atoms. The largest absolute Gasteiger partial charge is 0.384 e. The number of thioether (sulfide) groups is 1. The van der Waals surface area contributed by atoms with Crippen LogP contribution in [-0.2, 0) is 0 Å². The first-order valence-electron chi connectivity index (χ1n) is 5.62. The second-order valence-corrected chi connectivity index (χ2v) is 6.74. The number of hydrogen-bond acceptors (Lipinski definition) is 2. The summed E-state index contributed by atoms with van der Waals surface area (Å²) in [5.74, 6) is 1.05. The molecule has 0 bridgehead atoms. The summed E-state index contributed by atoms with van der Waals surface area (Å²) in [5.41, 5.74) is 1.16. The highest BCUT2D eigenvalue weighted by Gasteiger charge is 1.96. The number of hydrogen-bond donors (Lipinski definition) is 1. The summed E-state index contributed by atoms with van der Waals surface area (Å²) >= 11 is 8.76. The van der Waals surface area contributed by atoms with Crippen molar-refractivity contribution >= 4 is 49.3 Å². The standard InChI is InChI=1S/C14H13Br2NS/c15-11-4-6-13(7-5-11)17-8-9-18-14-3-1-2-12(16)10-14/h1-7,10,17H,8-9H2. The summed E-state index contributed by atoms with van der Waals surface area (Å²) in [6.45, 7) is 0.957. The van der Waals surface area contributed by atoms with Crippen molar-refractivity contribution in [2.75, 3.05) is 17.6 Å². The van der Waals surface area contributed by atoms with Gasteiger partial charge >= 0.3 is 0 Å². The molecule has 2 aromatic carbocycles. The number of benzene rings is 2. The zero-order valence-electron chi connectivity index (χ0n) is 9.70. The van der Waals surface area contributed by atoms with Gasteiger partial charge < -0.3 is 5.32 Å². The van der Waals surface area contributed by atoms with Crippen LogP contribution in [-0.4, -0.2) is 12.3 Å². The first-order chi connectivity index (χ1) is 8.74. The van der Waals surface area contributed by atoms with Crippen molar-refractivity contribution in [1.29, 1.82) is 0 Å². The number of rotatable bonds is 5. The fraction of sp³-hybridized carbons (Fsp3) is 0.143. The van der Waals surface area contributed by atoms with Crippen LogP contribution in [0.3, 0.4) is 0 Å². The lowest BCUT2D eigenvalue weighted by Crippen LogP contribution is -2.03. The van der Waals surface area contributed by atoms with Crippen LogP contribution in [0.25, 0.3) is 0 Å². The predicted molar refractivity (Wildman–Crippen MR) is 87.5 cm³/mol. The van der Waals surface area contributed by atoms with Crippen molar-refractivity contribution in [3.63, 3.8) is 0 Å². The minimum Gasteiger partial charge on any atom is -0.384 e. The average Bonchev–Trinajstić information content (AvgIpc) is 2.37. The molecule has 2 aromatic rings. The van der Waals surface area contributed by atoms with Crippen LogP contribution in [0.5, 0.6) is 0 Å². The Balaban J connectivity index is 1.74. The minimum atomic E-state index is 0.957. The third kappa shape index (κ3) is 4.67. The third-order valence-corrected chi connectivity index (χ3v) is 4.36. The molecule has 1 nitrogen and oxygen atoms in total. The summed E-state index contributed by atoms with van der Waals surface area (Å²) in [5, 5.41) is 3.40. The summed E-state index contributed by atoms with van der Waals surface area (Å²) in [6.07, 6.45) is 0. The van der Waals surface area contributed by atoms with Crippen molar-refractivity contribution in [1.82, 2.24) is 0 Å². The molecule has 0 radical (unpaired) electrons. The average molecular weight is 387 g/mol. The molecule has 0 saturated heterocycles. The van der Waals surface area contributed by atoms with Gasteiger partial charge in [0.25, 0.3) is 0 Å². The molecule has 94 valence electrons. The van der Waals surface area contributed by atoms with Crippen LogP contribution in [0, 0.1) is 0 Å². The molecule has 0 fully saturated rings. The van der Waals surface area contributed by atoms with Crippen molar-refractivity contribution < 1.29 is 0 Å². The Morgan fingerprint density at radius 1 is 0.944 bits per heavy atom. The van der Waals surface area contributed by atoms with Gasteiger partial charge in [-0.15, -0.1) is 11.8 Å². The Morgan fingerprint density at radius 3 is 2.44 bits per heavy atom. The first-order valence-corrected chi connectivity index (χ1v) is 8.19. The highest BCUT2D eigenvalue weighted by atomic mass is 79.9. The van der Waals surface area contributed by atoms with E-state index in [2.05, 4.69) is 67.5 Å². The molecule has 0 heterocycles. The molecule has 4 heteroatoms.